The highest BCUT2D eigenvalue weighted by Crippen LogP contribution is 2.77. The molecule has 4 fully saturated rings. The number of hydrogen-bond acceptors (Lipinski definition) is 21. The minimum absolute atomic E-state index is 0.0175. The molecule has 0 aromatic heterocycles. The van der Waals surface area contributed by atoms with Gasteiger partial charge in [-0.3, -0.25) is 9.59 Å². The summed E-state index contributed by atoms with van der Waals surface area (Å²) in [5.74, 6) is -4.02. The van der Waals surface area contributed by atoms with Crippen LogP contribution in [-0.2, 0) is 84.5 Å². The molecule has 856 valence electrons. The molecule has 1 aromatic carbocycles. The van der Waals surface area contributed by atoms with E-state index in [1.807, 2.05) is 51.1 Å². The molecule has 5 aliphatic rings. The number of fused-ring (bicyclic) bond motifs is 7. The van der Waals surface area contributed by atoms with Crippen LogP contribution in [0.3, 0.4) is 0 Å². The molecule has 21 atom stereocenters. The largest absolute Gasteiger partial charge is 0.461 e. The van der Waals surface area contributed by atoms with Crippen LogP contribution in [0.5, 0.6) is 0 Å². The van der Waals surface area contributed by atoms with Crippen LogP contribution in [0.4, 0.5) is 4.79 Å². The van der Waals surface area contributed by atoms with Crippen molar-refractivity contribution in [3.8, 4) is 0 Å². The lowest BCUT2D eigenvalue weighted by atomic mass is 9.33. The van der Waals surface area contributed by atoms with Crippen molar-refractivity contribution in [3.05, 3.63) is 47.5 Å². The lowest BCUT2D eigenvalue weighted by Gasteiger charge is -2.72. The van der Waals surface area contributed by atoms with Gasteiger partial charge in [0, 0.05) is 19.7 Å². The van der Waals surface area contributed by atoms with E-state index in [1.54, 1.807) is 0 Å². The third kappa shape index (κ3) is 30.3. The maximum absolute atomic E-state index is 16.3. The fraction of sp³-hybridized carbons (Fsp3) is 0.896. The van der Waals surface area contributed by atoms with Crippen molar-refractivity contribution in [3.63, 3.8) is 0 Å². The predicted molar refractivity (Wildman–Crippen MR) is 626 cm³/mol. The summed E-state index contributed by atoms with van der Waals surface area (Å²) in [5, 5.41) is 51.4. The summed E-state index contributed by atoms with van der Waals surface area (Å²) in [7, 11) is -24.9. The maximum Gasteiger partial charge on any atom is 0.407 e. The van der Waals surface area contributed by atoms with Crippen molar-refractivity contribution < 1.29 is 98.0 Å². The number of carbonyl (C=O) groups is 4. The highest BCUT2D eigenvalue weighted by molar-refractivity contribution is 6.77. The van der Waals surface area contributed by atoms with E-state index in [2.05, 4.69) is 252 Å². The van der Waals surface area contributed by atoms with Gasteiger partial charge in [0.05, 0.1) is 60.0 Å². The second-order valence-corrected chi connectivity index (χ2v) is 91.0. The number of carbonyl (C=O) groups excluding carboxylic acids is 4. The van der Waals surface area contributed by atoms with Crippen molar-refractivity contribution in [1.29, 1.82) is 0 Å². The number of amides is 2. The molecule has 4 saturated carbocycles. The van der Waals surface area contributed by atoms with Crippen molar-refractivity contribution in [1.82, 2.24) is 10.6 Å². The molecule has 14 unspecified atom stereocenters. The van der Waals surface area contributed by atoms with Crippen molar-refractivity contribution in [2.75, 3.05) is 26.3 Å². The third-order valence-electron chi connectivity index (χ3n) is 41.0. The fourth-order valence-electron chi connectivity index (χ4n) is 28.1. The Morgan fingerprint density at radius 2 is 0.905 bits per heavy atom. The standard InChI is InChI=1S/C115H224N2O21Si9/c1-38-139(39-2,40-3)126-81-74-92(132-141(44-7,45-8)46-9)100(136-145(56-19,57-20)58-21)102(138-147(62-25,63-26)64-27)105(122)129-115(87-119,103(93(133-142(47-10,48-11)49-12)82-98(120)125-85-89-68-66-65-67-69-89)127-104(121)101(137-146(59-22,60-23)61-24)99(135-144(53-16,54-17)55-18)88(28)131-140(41-4,42-5)43-6)128-96-73-75-110(34)94(111(96,35)86-118)72-76-112(36)95(110)71-70-90-91-83-109(32,33)77-78-114(91,106(123)116-79-80-117-107(124)130-108(29,30)31)97(84-113(90,112)37)134-143(50-13,51-14)52-15/h65-70,86,88,91-97,99-105,119,121-122H,38-64,71-85,87H2,1-37H3,(H,116,123)(H,117,124)/t88?,91?,92?,93?,94?,95?,96-,97+,99?,100?,101?,102?,103?,104?,105?,110-,111-,112+,113+,114+,115?/m0/s1. The number of aliphatic hydroxyl groups is 3. The van der Waals surface area contributed by atoms with E-state index in [0.717, 1.165) is 133 Å². The Bertz CT molecular complexity index is 4010. The van der Waals surface area contributed by atoms with E-state index in [4.69, 9.17) is 63.5 Å². The minimum Gasteiger partial charge on any atom is -0.461 e. The molecule has 0 heterocycles. The monoisotopic (exact) mass is 2220 g/mol. The maximum atomic E-state index is 16.3. The number of esters is 1. The average Bonchev–Trinajstić information content (AvgIpc) is 0.665. The van der Waals surface area contributed by atoms with Gasteiger partial charge in [-0.15, -0.1) is 0 Å². The summed E-state index contributed by atoms with van der Waals surface area (Å²) < 4.78 is 110. The van der Waals surface area contributed by atoms with Crippen molar-refractivity contribution in [2.24, 2.45) is 50.2 Å². The molecule has 5 N–H and O–H groups in total. The Kier molecular flexibility index (Phi) is 52.6. The third-order valence-corrected chi connectivity index (χ3v) is 83.0. The average molecular weight is 2220 g/mol. The van der Waals surface area contributed by atoms with E-state index >= 15 is 24.6 Å². The SMILES string of the molecule is CC[Si](CC)(CC)OCCC(O[Si](CC)(CC)CC)C(O[Si](CC)(CC)CC)C(O[Si](CC)(CC)CC)C(O)OC(CO)(O[C@H]1CC[C@@]2(C)C(CC[C@]3(C)C2CC=C2C4CC(C)(C)CC[C@]4(C(=O)NCCNC(=O)OC(C)(C)C)[C@H](O[Si](CC)(CC)CC)C[C@]23C)[C@]1(C)C=O)C(OC(O)C(O[Si](CC)(CC)CC)C(O[Si](CC)(CC)CC)C(C)O[Si](CC)(CC)CC)C(CC(=O)OCc1ccccc1)O[Si](CC)(CC)CC. The second kappa shape index (κ2) is 57.8. The molecule has 23 nitrogen and oxygen atoms in total. The summed E-state index contributed by atoms with van der Waals surface area (Å²) in [6.45, 7) is 81.5. The quantitative estimate of drug-likeness (QED) is 0.0101. The number of benzene rings is 1. The van der Waals surface area contributed by atoms with Crippen LogP contribution in [0.25, 0.3) is 0 Å². The second-order valence-electron chi connectivity index (χ2n) is 48.5. The molecule has 0 saturated heterocycles. The van der Waals surface area contributed by atoms with Crippen LogP contribution in [0.15, 0.2) is 42.0 Å². The number of aldehydes is 1. The fourth-order valence-corrected chi connectivity index (χ4v) is 53.8. The number of nitrogens with one attached hydrogen (secondary N) is 2. The highest BCUT2D eigenvalue weighted by atomic mass is 28.4. The number of alkyl carbamates (subject to hydrolysis) is 1. The van der Waals surface area contributed by atoms with Crippen LogP contribution in [0, 0.1) is 50.2 Å². The number of rotatable bonds is 71. The zero-order chi connectivity index (χ0) is 111. The molecule has 0 spiro atoms. The summed E-state index contributed by atoms with van der Waals surface area (Å²) in [6.07, 6.45) is -6.47. The number of hydrogen-bond donors (Lipinski definition) is 5. The van der Waals surface area contributed by atoms with E-state index in [0.29, 0.717) is 106 Å². The van der Waals surface area contributed by atoms with Gasteiger partial charge in [0.15, 0.2) is 87.4 Å². The number of ether oxygens (including phenoxy) is 5. The lowest BCUT2D eigenvalue weighted by Crippen LogP contribution is -2.70. The van der Waals surface area contributed by atoms with Gasteiger partial charge < -0.3 is 94.3 Å². The van der Waals surface area contributed by atoms with Crippen LogP contribution >= 0.6 is 0 Å². The summed E-state index contributed by atoms with van der Waals surface area (Å²) in [6, 6.07) is 30.4. The van der Waals surface area contributed by atoms with Gasteiger partial charge in [0.25, 0.3) is 0 Å². The molecule has 32 heteroatoms. The van der Waals surface area contributed by atoms with E-state index in [9.17, 15) is 9.90 Å². The van der Waals surface area contributed by atoms with Crippen LogP contribution in [0.1, 0.15) is 332 Å². The summed E-state index contributed by atoms with van der Waals surface area (Å²) in [5.41, 5.74) is -2.59. The molecule has 6 rings (SSSR count). The number of allylic oxidation sites excluding steroid dienone is 2. The van der Waals surface area contributed by atoms with E-state index in [1.165, 1.54) is 5.57 Å². The molecule has 0 bridgehead atoms. The molecular formula is C115H224N2O21Si9. The Labute approximate surface area is 907 Å². The van der Waals surface area contributed by atoms with Gasteiger partial charge in [-0.1, -0.05) is 270 Å². The van der Waals surface area contributed by atoms with E-state index < -0.39 is 218 Å². The van der Waals surface area contributed by atoms with Gasteiger partial charge in [-0.05, 0) is 300 Å². The molecule has 147 heavy (non-hydrogen) atoms. The van der Waals surface area contributed by atoms with E-state index in [-0.39, 0.29) is 49.3 Å². The van der Waals surface area contributed by atoms with Crippen molar-refractivity contribution in [2.45, 2.75) is 582 Å². The Balaban J connectivity index is 1.89. The first-order chi connectivity index (χ1) is 69.3. The zero-order valence-electron chi connectivity index (χ0n) is 101. The van der Waals surface area contributed by atoms with Crippen LogP contribution < -0.4 is 10.6 Å². The summed E-state index contributed by atoms with van der Waals surface area (Å²) >= 11 is 0. The molecule has 1 aromatic rings. The summed E-state index contributed by atoms with van der Waals surface area (Å²) in [4.78, 5) is 62.0. The first-order valence-electron chi connectivity index (χ1n) is 60.0. The van der Waals surface area contributed by atoms with Gasteiger partial charge in [-0.25, -0.2) is 4.79 Å². The molecule has 0 radical (unpaired) electrons. The lowest BCUT2D eigenvalue weighted by molar-refractivity contribution is -0.405. The van der Waals surface area contributed by atoms with Gasteiger partial charge in [-0.2, -0.15) is 0 Å². The highest BCUT2D eigenvalue weighted by Gasteiger charge is 2.74. The van der Waals surface area contributed by atoms with Crippen LogP contribution in [0.2, 0.25) is 163 Å². The normalized spacial score (nSPS) is 25.9. The Hall–Kier alpha value is -1.81. The molecule has 0 aliphatic heterocycles. The topological polar surface area (TPSA) is 282 Å². The van der Waals surface area contributed by atoms with Gasteiger partial charge in [0.2, 0.25) is 11.7 Å². The Morgan fingerprint density at radius 3 is 1.35 bits per heavy atom. The number of aliphatic hydroxyl groups excluding tert-OH is 3. The van der Waals surface area contributed by atoms with Crippen molar-refractivity contribution >= 4 is 99.1 Å². The predicted octanol–water partition coefficient (Wildman–Crippen LogP) is 29.0. The van der Waals surface area contributed by atoms with Gasteiger partial charge >= 0.3 is 12.1 Å². The van der Waals surface area contributed by atoms with Gasteiger partial charge in [0.1, 0.15) is 43.4 Å². The van der Waals surface area contributed by atoms with Crippen LogP contribution in [-0.4, -0.2) is 226 Å². The molecular weight excluding hydrogens is 2000 g/mol. The smallest absolute Gasteiger partial charge is 0.407 e. The molecule has 5 aliphatic carbocycles. The minimum atomic E-state index is -3.17. The zero-order valence-corrected chi connectivity index (χ0v) is 110. The Morgan fingerprint density at radius 1 is 0.476 bits per heavy atom. The first-order valence-corrected chi connectivity index (χ1v) is 82.8. The first kappa shape index (κ1) is 134. The molecule has 2 amide bonds.